The Morgan fingerprint density at radius 1 is 1.10 bits per heavy atom. The third-order valence-electron chi connectivity index (χ3n) is 4.59. The van der Waals surface area contributed by atoms with E-state index in [0.29, 0.717) is 11.6 Å². The molecule has 0 fully saturated rings. The fraction of sp³-hybridized carbons (Fsp3) is 0.318. The van der Waals surface area contributed by atoms with Crippen molar-refractivity contribution in [2.24, 2.45) is 0 Å². The lowest BCUT2D eigenvalue weighted by molar-refractivity contribution is -0.115. The van der Waals surface area contributed by atoms with Crippen LogP contribution in [-0.2, 0) is 20.0 Å². The average Bonchev–Trinajstić information content (AvgIpc) is 3.12. The highest BCUT2D eigenvalue weighted by molar-refractivity contribution is 7.91. The molecule has 3 aromatic rings. The Morgan fingerprint density at radius 2 is 1.80 bits per heavy atom. The number of nitrogens with zero attached hydrogens (tertiary/aromatic N) is 3. The van der Waals surface area contributed by atoms with Crippen LogP contribution in [0.4, 0.5) is 5.82 Å². The highest BCUT2D eigenvalue weighted by Gasteiger charge is 2.23. The number of anilines is 1. The van der Waals surface area contributed by atoms with Gasteiger partial charge in [0.05, 0.1) is 16.3 Å². The molecule has 1 amide bonds. The zero-order valence-corrected chi connectivity index (χ0v) is 18.4. The summed E-state index contributed by atoms with van der Waals surface area (Å²) < 4.78 is 26.6. The first-order valence-corrected chi connectivity index (χ1v) is 11.3. The fourth-order valence-electron chi connectivity index (χ4n) is 2.79. The highest BCUT2D eigenvalue weighted by atomic mass is 32.2. The van der Waals surface area contributed by atoms with Gasteiger partial charge in [0.1, 0.15) is 5.82 Å². The predicted octanol–water partition coefficient (Wildman–Crippen LogP) is 3.68. The third-order valence-corrected chi connectivity index (χ3v) is 6.32. The number of carbonyl (C=O) groups excluding carboxylic acids is 1. The van der Waals surface area contributed by atoms with Gasteiger partial charge >= 0.3 is 0 Å². The first kappa shape index (κ1) is 21.7. The number of carbonyl (C=O) groups is 1. The molecule has 1 aromatic carbocycles. The van der Waals surface area contributed by atoms with E-state index < -0.39 is 15.7 Å². The minimum atomic E-state index is -3.54. The summed E-state index contributed by atoms with van der Waals surface area (Å²) in [4.78, 5) is 17.1. The van der Waals surface area contributed by atoms with Gasteiger partial charge in [-0.3, -0.25) is 4.79 Å². The molecule has 30 heavy (non-hydrogen) atoms. The lowest BCUT2D eigenvalue weighted by atomic mass is 9.92. The Labute approximate surface area is 177 Å². The molecule has 0 aliphatic heterocycles. The Morgan fingerprint density at radius 3 is 2.40 bits per heavy atom. The average molecular weight is 427 g/mol. The van der Waals surface area contributed by atoms with Crippen molar-refractivity contribution in [3.63, 3.8) is 0 Å². The second kappa shape index (κ2) is 8.39. The van der Waals surface area contributed by atoms with Crippen LogP contribution in [0.1, 0.15) is 38.4 Å². The fourth-order valence-corrected chi connectivity index (χ4v) is 4.03. The maximum atomic E-state index is 12.5. The summed E-state index contributed by atoms with van der Waals surface area (Å²) >= 11 is 0. The number of sulfone groups is 1. The lowest BCUT2D eigenvalue weighted by Crippen LogP contribution is -2.19. The first-order valence-electron chi connectivity index (χ1n) is 9.67. The van der Waals surface area contributed by atoms with E-state index in [1.807, 2.05) is 33.8 Å². The Balaban J connectivity index is 1.77. The summed E-state index contributed by atoms with van der Waals surface area (Å²) in [5, 5.41) is 7.38. The van der Waals surface area contributed by atoms with Crippen LogP contribution in [0.3, 0.4) is 0 Å². The summed E-state index contributed by atoms with van der Waals surface area (Å²) in [7, 11) is -3.54. The van der Waals surface area contributed by atoms with E-state index in [1.54, 1.807) is 53.3 Å². The molecule has 158 valence electrons. The number of hydrogen-bond acceptors (Lipinski definition) is 5. The molecule has 7 nitrogen and oxygen atoms in total. The van der Waals surface area contributed by atoms with Gasteiger partial charge in [-0.25, -0.2) is 13.4 Å². The van der Waals surface area contributed by atoms with Crippen molar-refractivity contribution < 1.29 is 13.2 Å². The van der Waals surface area contributed by atoms with E-state index in [1.165, 1.54) is 0 Å². The molecular weight excluding hydrogens is 400 g/mol. The molecule has 2 aromatic heterocycles. The second-order valence-corrected chi connectivity index (χ2v) is 10.3. The van der Waals surface area contributed by atoms with Crippen molar-refractivity contribution in [2.75, 3.05) is 11.1 Å². The van der Waals surface area contributed by atoms with Crippen molar-refractivity contribution in [3.8, 4) is 5.82 Å². The topological polar surface area (TPSA) is 94.0 Å². The van der Waals surface area contributed by atoms with E-state index in [9.17, 15) is 13.2 Å². The number of benzene rings is 1. The zero-order valence-electron chi connectivity index (χ0n) is 17.6. The number of nitrogens with one attached hydrogen (secondary N) is 1. The zero-order chi connectivity index (χ0) is 21.9. The van der Waals surface area contributed by atoms with Crippen LogP contribution in [0.25, 0.3) is 5.82 Å². The largest absolute Gasteiger partial charge is 0.310 e. The lowest BCUT2D eigenvalue weighted by Gasteiger charge is -2.13. The molecule has 0 spiro atoms. The van der Waals surface area contributed by atoms with Crippen LogP contribution in [0.2, 0.25) is 0 Å². The van der Waals surface area contributed by atoms with E-state index >= 15 is 0 Å². The Bertz CT molecular complexity index is 1130. The number of pyridine rings is 1. The van der Waals surface area contributed by atoms with Gasteiger partial charge in [0.2, 0.25) is 5.91 Å². The van der Waals surface area contributed by atoms with Crippen molar-refractivity contribution >= 4 is 21.6 Å². The number of hydrogen-bond donors (Lipinski definition) is 1. The summed E-state index contributed by atoms with van der Waals surface area (Å²) in [5.74, 6) is 0.348. The minimum Gasteiger partial charge on any atom is -0.310 e. The van der Waals surface area contributed by atoms with Gasteiger partial charge in [0, 0.05) is 24.1 Å². The molecule has 0 aliphatic carbocycles. The van der Waals surface area contributed by atoms with Crippen LogP contribution in [0.15, 0.2) is 59.6 Å². The molecule has 0 bridgehead atoms. The molecule has 0 radical (unpaired) electrons. The van der Waals surface area contributed by atoms with E-state index in [-0.39, 0.29) is 22.5 Å². The molecule has 0 unspecified atom stereocenters. The van der Waals surface area contributed by atoms with E-state index in [0.717, 1.165) is 11.3 Å². The van der Waals surface area contributed by atoms with Crippen LogP contribution >= 0.6 is 0 Å². The number of aromatic nitrogens is 3. The predicted molar refractivity (Wildman–Crippen MR) is 117 cm³/mol. The first-order chi connectivity index (χ1) is 14.1. The van der Waals surface area contributed by atoms with Gasteiger partial charge in [-0.15, -0.1) is 0 Å². The second-order valence-electron chi connectivity index (χ2n) is 8.19. The molecule has 3 rings (SSSR count). The monoisotopic (exact) mass is 426 g/mol. The molecule has 2 heterocycles. The van der Waals surface area contributed by atoms with Gasteiger partial charge < -0.3 is 5.32 Å². The third kappa shape index (κ3) is 5.13. The molecule has 0 aliphatic rings. The molecule has 0 saturated carbocycles. The van der Waals surface area contributed by atoms with Crippen molar-refractivity contribution in [3.05, 3.63) is 66.0 Å². The smallest absolute Gasteiger partial charge is 0.226 e. The molecule has 1 N–H and O–H groups in total. The Hall–Kier alpha value is -3.00. The highest BCUT2D eigenvalue weighted by Crippen LogP contribution is 2.26. The van der Waals surface area contributed by atoms with Crippen LogP contribution in [0.5, 0.6) is 0 Å². The van der Waals surface area contributed by atoms with E-state index in [2.05, 4.69) is 15.4 Å². The normalized spacial score (nSPS) is 12.0. The van der Waals surface area contributed by atoms with Crippen LogP contribution in [0, 0.1) is 6.92 Å². The minimum absolute atomic E-state index is 0.158. The summed E-state index contributed by atoms with van der Waals surface area (Å²) in [6.07, 6.45) is 1.49. The van der Waals surface area contributed by atoms with E-state index in [4.69, 9.17) is 0 Å². The summed E-state index contributed by atoms with van der Waals surface area (Å²) in [5.41, 5.74) is 1.54. The van der Waals surface area contributed by atoms with Crippen LogP contribution in [-0.4, -0.2) is 34.8 Å². The van der Waals surface area contributed by atoms with Crippen molar-refractivity contribution in [2.45, 2.75) is 44.4 Å². The SMILES string of the molecule is Cc1ccc(S(=O)(=O)CCC(=O)Nc2cc(C(C)(C)C)nn2-c2ccccn2)cc1. The van der Waals surface area contributed by atoms with Crippen LogP contribution < -0.4 is 5.32 Å². The van der Waals surface area contributed by atoms with Crippen molar-refractivity contribution in [1.29, 1.82) is 0 Å². The summed E-state index contributed by atoms with van der Waals surface area (Å²) in [6.45, 7) is 7.97. The van der Waals surface area contributed by atoms with Gasteiger partial charge in [-0.1, -0.05) is 44.5 Å². The maximum absolute atomic E-state index is 12.5. The Kier molecular flexibility index (Phi) is 6.07. The molecule has 0 atom stereocenters. The maximum Gasteiger partial charge on any atom is 0.226 e. The number of amides is 1. The van der Waals surface area contributed by atoms with Gasteiger partial charge in [0.25, 0.3) is 0 Å². The number of aryl methyl sites for hydroxylation is 1. The van der Waals surface area contributed by atoms with Gasteiger partial charge in [-0.2, -0.15) is 9.78 Å². The number of rotatable bonds is 6. The molecule has 8 heteroatoms. The summed E-state index contributed by atoms with van der Waals surface area (Å²) in [6, 6.07) is 13.8. The standard InChI is InChI=1S/C22H26N4O3S/c1-16-8-10-17(11-9-16)30(28,29)14-12-21(27)24-20-15-18(22(2,3)4)25-26(20)19-7-5-6-13-23-19/h5-11,13,15H,12,14H2,1-4H3,(H,24,27). The molecular formula is C22H26N4O3S. The van der Waals surface area contributed by atoms with Gasteiger partial charge in [-0.05, 0) is 31.2 Å². The van der Waals surface area contributed by atoms with Gasteiger partial charge in [0.15, 0.2) is 15.7 Å². The van der Waals surface area contributed by atoms with Crippen molar-refractivity contribution in [1.82, 2.24) is 14.8 Å². The molecule has 0 saturated heterocycles. The quantitative estimate of drug-likeness (QED) is 0.649.